The van der Waals surface area contributed by atoms with Crippen LogP contribution in [0.25, 0.3) is 16.8 Å². The van der Waals surface area contributed by atoms with Gasteiger partial charge in [-0.05, 0) is 24.0 Å². The highest BCUT2D eigenvalue weighted by atomic mass is 16.5. The van der Waals surface area contributed by atoms with Crippen molar-refractivity contribution in [2.45, 2.75) is 18.8 Å². The lowest BCUT2D eigenvalue weighted by Crippen LogP contribution is -2.42. The van der Waals surface area contributed by atoms with Crippen molar-refractivity contribution >= 4 is 28.9 Å². The van der Waals surface area contributed by atoms with Gasteiger partial charge in [0.15, 0.2) is 0 Å². The number of carbonyl (C=O) groups is 2. The van der Waals surface area contributed by atoms with Gasteiger partial charge in [0.2, 0.25) is 11.7 Å². The van der Waals surface area contributed by atoms with Crippen LogP contribution in [0.3, 0.4) is 0 Å². The van der Waals surface area contributed by atoms with Crippen molar-refractivity contribution in [1.29, 1.82) is 5.26 Å². The second-order valence-electron chi connectivity index (χ2n) is 8.84. The molecular weight excluding hydrogens is 470 g/mol. The molecule has 37 heavy (non-hydrogen) atoms. The summed E-state index contributed by atoms with van der Waals surface area (Å²) in [5, 5.41) is 12.9. The van der Waals surface area contributed by atoms with Crippen LogP contribution in [0.2, 0.25) is 0 Å². The molecule has 186 valence electrons. The lowest BCUT2D eigenvalue weighted by Gasteiger charge is -2.29. The zero-order chi connectivity index (χ0) is 25.9. The van der Waals surface area contributed by atoms with Crippen molar-refractivity contribution in [2.24, 2.45) is 0 Å². The molecule has 1 aromatic carbocycles. The number of fused-ring (bicyclic) bond motifs is 1. The monoisotopic (exact) mass is 495 g/mol. The van der Waals surface area contributed by atoms with Crippen molar-refractivity contribution in [3.63, 3.8) is 0 Å². The topological polar surface area (TPSA) is 147 Å². The average Bonchev–Trinajstić information content (AvgIpc) is 3.39. The van der Waals surface area contributed by atoms with E-state index >= 15 is 0 Å². The molecule has 2 aromatic heterocycles. The van der Waals surface area contributed by atoms with Gasteiger partial charge < -0.3 is 20.7 Å². The Hall–Kier alpha value is -4.78. The van der Waals surface area contributed by atoms with Crippen LogP contribution in [0.4, 0.5) is 11.6 Å². The molecule has 2 aliphatic rings. The summed E-state index contributed by atoms with van der Waals surface area (Å²) in [7, 11) is 1.50. The van der Waals surface area contributed by atoms with Crippen LogP contribution < -0.4 is 15.8 Å². The summed E-state index contributed by atoms with van der Waals surface area (Å²) in [6, 6.07) is 11.8. The van der Waals surface area contributed by atoms with Gasteiger partial charge in [0, 0.05) is 43.2 Å². The van der Waals surface area contributed by atoms with Crippen LogP contribution in [0.15, 0.2) is 54.5 Å². The molecule has 0 radical (unpaired) electrons. The first kappa shape index (κ1) is 23.9. The summed E-state index contributed by atoms with van der Waals surface area (Å²) < 4.78 is 5.50. The first-order valence-electron chi connectivity index (χ1n) is 11.9. The minimum Gasteiger partial charge on any atom is -0.495 e. The summed E-state index contributed by atoms with van der Waals surface area (Å²) in [5.41, 5.74) is 10.5. The first-order valence-corrected chi connectivity index (χ1v) is 11.9. The Kier molecular flexibility index (Phi) is 6.51. The van der Waals surface area contributed by atoms with E-state index in [1.165, 1.54) is 13.3 Å². The number of amides is 1. The molecule has 1 fully saturated rings. The van der Waals surface area contributed by atoms with Crippen LogP contribution in [0.1, 0.15) is 29.9 Å². The Morgan fingerprint density at radius 1 is 1.11 bits per heavy atom. The fourth-order valence-corrected chi connectivity index (χ4v) is 4.89. The predicted molar refractivity (Wildman–Crippen MR) is 137 cm³/mol. The molecular formula is C27H25N7O3. The third-order valence-electron chi connectivity index (χ3n) is 6.79. The number of carbonyl (C=O) groups excluding carboxylic acids is 2. The van der Waals surface area contributed by atoms with Gasteiger partial charge in [0.25, 0.3) is 5.91 Å². The summed E-state index contributed by atoms with van der Waals surface area (Å²) in [4.78, 5) is 40.8. The van der Waals surface area contributed by atoms with Crippen molar-refractivity contribution in [2.75, 3.05) is 37.8 Å². The van der Waals surface area contributed by atoms with E-state index in [1.807, 2.05) is 30.3 Å². The van der Waals surface area contributed by atoms with E-state index in [9.17, 15) is 14.9 Å². The highest BCUT2D eigenvalue weighted by Crippen LogP contribution is 2.43. The van der Waals surface area contributed by atoms with Gasteiger partial charge in [-0.3, -0.25) is 14.6 Å². The summed E-state index contributed by atoms with van der Waals surface area (Å²) in [6.45, 7) is 1.01. The number of methoxy groups -OCH3 is 1. The number of ether oxygens (including phenoxy) is 1. The number of hydrogen-bond acceptors (Lipinski definition) is 9. The third-order valence-corrected chi connectivity index (χ3v) is 6.79. The standard InChI is InChI=1S/C27H25N7O3/c1-37-21-15-31-23(18-12-32-27(29)33-13-18)24-22(21)20(14-30-24)25(35)26(36)34-9-7-17(8-10-34)19(11-28)16-5-3-2-4-6-16/h2-6,12-13,15,20,30H,7-10,14H2,1H3,(H2,29,32,33). The molecule has 5 rings (SSSR count). The van der Waals surface area contributed by atoms with Crippen LogP contribution >= 0.6 is 0 Å². The molecule has 1 saturated heterocycles. The van der Waals surface area contributed by atoms with E-state index in [0.29, 0.717) is 59.8 Å². The number of nitrogens with two attached hydrogens (primary N) is 1. The van der Waals surface area contributed by atoms with Crippen LogP contribution in [0.5, 0.6) is 5.75 Å². The predicted octanol–water partition coefficient (Wildman–Crippen LogP) is 2.81. The lowest BCUT2D eigenvalue weighted by atomic mass is 9.92. The molecule has 3 N–H and O–H groups in total. The van der Waals surface area contributed by atoms with Gasteiger partial charge >= 0.3 is 0 Å². The number of nitrogens with zero attached hydrogens (tertiary/aromatic N) is 5. The number of ketones is 1. The van der Waals surface area contributed by atoms with Crippen molar-refractivity contribution in [1.82, 2.24) is 19.9 Å². The van der Waals surface area contributed by atoms with E-state index in [1.54, 1.807) is 17.3 Å². The molecule has 0 saturated carbocycles. The molecule has 0 aliphatic carbocycles. The normalized spacial score (nSPS) is 16.4. The Bertz CT molecular complexity index is 1420. The van der Waals surface area contributed by atoms with Gasteiger partial charge in [-0.15, -0.1) is 0 Å². The van der Waals surface area contributed by atoms with Crippen LogP contribution in [-0.2, 0) is 9.59 Å². The molecule has 1 amide bonds. The van der Waals surface area contributed by atoms with Gasteiger partial charge in [-0.1, -0.05) is 30.3 Å². The zero-order valence-corrected chi connectivity index (χ0v) is 20.3. The van der Waals surface area contributed by atoms with E-state index in [-0.39, 0.29) is 12.5 Å². The van der Waals surface area contributed by atoms with E-state index < -0.39 is 17.6 Å². The highest BCUT2D eigenvalue weighted by molar-refractivity contribution is 6.38. The molecule has 0 bridgehead atoms. The minimum atomic E-state index is -0.718. The maximum atomic E-state index is 13.4. The quantitative estimate of drug-likeness (QED) is 0.403. The van der Waals surface area contributed by atoms with Crippen molar-refractivity contribution in [3.05, 3.63) is 65.6 Å². The van der Waals surface area contributed by atoms with Crippen LogP contribution in [-0.4, -0.2) is 58.3 Å². The molecule has 10 nitrogen and oxygen atoms in total. The maximum absolute atomic E-state index is 13.4. The van der Waals surface area contributed by atoms with Crippen LogP contribution in [0, 0.1) is 11.3 Å². The van der Waals surface area contributed by atoms with Gasteiger partial charge in [0.1, 0.15) is 5.75 Å². The number of nitrogens with one attached hydrogen (secondary N) is 1. The third kappa shape index (κ3) is 4.47. The molecule has 1 atom stereocenters. The summed E-state index contributed by atoms with van der Waals surface area (Å²) in [6.07, 6.45) is 5.75. The Balaban J connectivity index is 1.36. The number of likely N-dealkylation sites (tertiary alicyclic amines) is 1. The number of nitriles is 1. The SMILES string of the molecule is COc1cnc(-c2cnc(N)nc2)c2c1C(C(=O)C(=O)N1CCC(=C(C#N)c3ccccc3)CC1)CN2. The number of anilines is 2. The molecule has 0 spiro atoms. The number of nitrogen functional groups attached to an aromatic ring is 1. The first-order chi connectivity index (χ1) is 18.0. The molecule has 2 aliphatic heterocycles. The number of rotatable bonds is 5. The number of aromatic nitrogens is 3. The average molecular weight is 496 g/mol. The Morgan fingerprint density at radius 2 is 1.81 bits per heavy atom. The maximum Gasteiger partial charge on any atom is 0.290 e. The van der Waals surface area contributed by atoms with Gasteiger partial charge in [-0.2, -0.15) is 5.26 Å². The van der Waals surface area contributed by atoms with Gasteiger partial charge in [0.05, 0.1) is 42.2 Å². The molecule has 1 unspecified atom stereocenters. The number of Topliss-reactive ketones (excluding diaryl/α,β-unsaturated/α-hetero) is 1. The van der Waals surface area contributed by atoms with Gasteiger partial charge in [-0.25, -0.2) is 9.97 Å². The fraction of sp³-hybridized carbons (Fsp3) is 0.259. The highest BCUT2D eigenvalue weighted by Gasteiger charge is 2.39. The Morgan fingerprint density at radius 3 is 2.46 bits per heavy atom. The lowest BCUT2D eigenvalue weighted by molar-refractivity contribution is -0.145. The summed E-state index contributed by atoms with van der Waals surface area (Å²) >= 11 is 0. The molecule has 10 heteroatoms. The minimum absolute atomic E-state index is 0.144. The van der Waals surface area contributed by atoms with E-state index in [0.717, 1.165) is 11.1 Å². The fourth-order valence-electron chi connectivity index (χ4n) is 4.89. The second-order valence-corrected chi connectivity index (χ2v) is 8.84. The molecule has 4 heterocycles. The Labute approximate surface area is 213 Å². The van der Waals surface area contributed by atoms with E-state index in [4.69, 9.17) is 10.5 Å². The summed E-state index contributed by atoms with van der Waals surface area (Å²) in [5.74, 6) is -1.19. The zero-order valence-electron chi connectivity index (χ0n) is 20.3. The number of benzene rings is 1. The number of pyridine rings is 1. The van der Waals surface area contributed by atoms with Crippen molar-refractivity contribution in [3.8, 4) is 23.1 Å². The largest absolute Gasteiger partial charge is 0.495 e. The van der Waals surface area contributed by atoms with Crippen molar-refractivity contribution < 1.29 is 14.3 Å². The molecule has 3 aromatic rings. The number of allylic oxidation sites excluding steroid dienone is 1. The van der Waals surface area contributed by atoms with E-state index in [2.05, 4.69) is 26.3 Å². The second kappa shape index (κ2) is 10.1. The number of hydrogen-bond donors (Lipinski definition) is 2. The smallest absolute Gasteiger partial charge is 0.290 e. The number of piperidine rings is 1.